The van der Waals surface area contributed by atoms with Crippen LogP contribution in [0.5, 0.6) is 0 Å². The van der Waals surface area contributed by atoms with Gasteiger partial charge in [-0.3, -0.25) is 0 Å². The molecule has 0 aliphatic carbocycles. The molecule has 4 heteroatoms. The van der Waals surface area contributed by atoms with Crippen LogP contribution in [-0.2, 0) is 4.43 Å². The summed E-state index contributed by atoms with van der Waals surface area (Å²) in [4.78, 5) is 0. The fraction of sp³-hybridized carbons (Fsp3) is 0.923. The summed E-state index contributed by atoms with van der Waals surface area (Å²) in [6.07, 6.45) is 0.0416. The second kappa shape index (κ2) is 6.82. The first-order chi connectivity index (χ1) is 7.65. The minimum Gasteiger partial charge on any atom is -0.413 e. The Labute approximate surface area is 112 Å². The lowest BCUT2D eigenvalue weighted by atomic mass is 10.1. The molecule has 0 unspecified atom stereocenters. The highest BCUT2D eigenvalue weighted by Gasteiger charge is 2.39. The zero-order chi connectivity index (χ0) is 13.7. The maximum absolute atomic E-state index is 9.19. The van der Waals surface area contributed by atoms with E-state index in [0.717, 1.165) is 11.5 Å². The minimum absolute atomic E-state index is 0.00840. The van der Waals surface area contributed by atoms with Gasteiger partial charge in [-0.1, -0.05) is 27.7 Å². The van der Waals surface area contributed by atoms with E-state index in [-0.39, 0.29) is 17.1 Å². The Morgan fingerprint density at radius 2 is 1.88 bits per heavy atom. The van der Waals surface area contributed by atoms with Crippen LogP contribution < -0.4 is 0 Å². The molecular weight excluding hydrogens is 246 g/mol. The maximum Gasteiger partial charge on any atom is 0.192 e. The SMILES string of the molecule is CCSC[C@H](C#N)[C@@H](C)O[Si](C)(C)C(C)(C)C. The van der Waals surface area contributed by atoms with Crippen LogP contribution in [0.2, 0.25) is 18.1 Å². The smallest absolute Gasteiger partial charge is 0.192 e. The summed E-state index contributed by atoms with van der Waals surface area (Å²) in [5.41, 5.74) is 0. The van der Waals surface area contributed by atoms with Gasteiger partial charge in [0.1, 0.15) is 0 Å². The van der Waals surface area contributed by atoms with Crippen molar-refractivity contribution in [1.29, 1.82) is 5.26 Å². The third kappa shape index (κ3) is 5.46. The monoisotopic (exact) mass is 273 g/mol. The lowest BCUT2D eigenvalue weighted by Crippen LogP contribution is -2.45. The van der Waals surface area contributed by atoms with Gasteiger partial charge in [0.25, 0.3) is 0 Å². The summed E-state index contributed by atoms with van der Waals surface area (Å²) in [5, 5.41) is 9.40. The highest BCUT2D eigenvalue weighted by atomic mass is 32.2. The second-order valence-electron chi connectivity index (χ2n) is 5.98. The fourth-order valence-electron chi connectivity index (χ4n) is 1.25. The molecule has 0 saturated carbocycles. The average Bonchev–Trinajstić information content (AvgIpc) is 2.16. The summed E-state index contributed by atoms with van der Waals surface area (Å²) in [6, 6.07) is 2.39. The largest absolute Gasteiger partial charge is 0.413 e. The normalized spacial score (nSPS) is 16.4. The predicted molar refractivity (Wildman–Crippen MR) is 79.8 cm³/mol. The van der Waals surface area contributed by atoms with Crippen LogP contribution in [0, 0.1) is 17.2 Å². The summed E-state index contributed by atoms with van der Waals surface area (Å²) in [6.45, 7) is 15.3. The molecule has 0 rings (SSSR count). The van der Waals surface area contributed by atoms with Crippen LogP contribution in [-0.4, -0.2) is 25.9 Å². The molecule has 0 saturated heterocycles. The number of thioether (sulfide) groups is 1. The molecule has 2 atom stereocenters. The Bertz CT molecular complexity index is 268. The van der Waals surface area contributed by atoms with E-state index < -0.39 is 8.32 Å². The molecule has 0 spiro atoms. The van der Waals surface area contributed by atoms with Gasteiger partial charge in [0.2, 0.25) is 0 Å². The molecule has 17 heavy (non-hydrogen) atoms. The van der Waals surface area contributed by atoms with E-state index in [0.29, 0.717) is 0 Å². The zero-order valence-electron chi connectivity index (χ0n) is 12.3. The van der Waals surface area contributed by atoms with Gasteiger partial charge in [0.05, 0.1) is 18.1 Å². The predicted octanol–water partition coefficient (Wildman–Crippen LogP) is 4.29. The van der Waals surface area contributed by atoms with Crippen LogP contribution in [0.1, 0.15) is 34.6 Å². The van der Waals surface area contributed by atoms with Crippen molar-refractivity contribution < 1.29 is 4.43 Å². The highest BCUT2D eigenvalue weighted by Crippen LogP contribution is 2.38. The van der Waals surface area contributed by atoms with Gasteiger partial charge in [-0.15, -0.1) is 0 Å². The van der Waals surface area contributed by atoms with Gasteiger partial charge in [0.15, 0.2) is 8.32 Å². The van der Waals surface area contributed by atoms with E-state index >= 15 is 0 Å². The Morgan fingerprint density at radius 3 is 2.24 bits per heavy atom. The number of hydrogen-bond acceptors (Lipinski definition) is 3. The molecular formula is C13H27NOSSi. The standard InChI is InChI=1S/C13H27NOSSi/c1-8-16-10-12(9-14)11(2)15-17(6,7)13(3,4)5/h11-12H,8,10H2,1-7H3/t11-,12+/m1/s1. The third-order valence-corrected chi connectivity index (χ3v) is 9.10. The topological polar surface area (TPSA) is 33.0 Å². The summed E-state index contributed by atoms with van der Waals surface area (Å²) >= 11 is 1.82. The van der Waals surface area contributed by atoms with E-state index in [1.54, 1.807) is 0 Å². The molecule has 0 aliphatic rings. The average molecular weight is 274 g/mol. The molecule has 0 N–H and O–H groups in total. The van der Waals surface area contributed by atoms with Crippen molar-refractivity contribution in [2.24, 2.45) is 5.92 Å². The van der Waals surface area contributed by atoms with E-state index in [4.69, 9.17) is 4.43 Å². The summed E-state index contributed by atoms with van der Waals surface area (Å²) < 4.78 is 6.26. The molecule has 0 aromatic heterocycles. The Morgan fingerprint density at radius 1 is 1.35 bits per heavy atom. The van der Waals surface area contributed by atoms with E-state index in [9.17, 15) is 5.26 Å². The molecule has 0 aliphatic heterocycles. The number of hydrogen-bond donors (Lipinski definition) is 0. The van der Waals surface area contributed by atoms with Crippen molar-refractivity contribution in [2.75, 3.05) is 11.5 Å². The zero-order valence-corrected chi connectivity index (χ0v) is 14.1. The second-order valence-corrected chi connectivity index (χ2v) is 12.1. The molecule has 0 radical (unpaired) electrons. The first-order valence-electron chi connectivity index (χ1n) is 6.31. The van der Waals surface area contributed by atoms with E-state index in [2.05, 4.69) is 46.9 Å². The minimum atomic E-state index is -1.75. The lowest BCUT2D eigenvalue weighted by molar-refractivity contribution is 0.168. The van der Waals surface area contributed by atoms with Crippen molar-refractivity contribution in [3.8, 4) is 6.07 Å². The van der Waals surface area contributed by atoms with Crippen molar-refractivity contribution >= 4 is 20.1 Å². The van der Waals surface area contributed by atoms with Crippen LogP contribution in [0.3, 0.4) is 0 Å². The van der Waals surface area contributed by atoms with Crippen LogP contribution in [0.4, 0.5) is 0 Å². The van der Waals surface area contributed by atoms with Gasteiger partial charge < -0.3 is 4.43 Å². The molecule has 0 fully saturated rings. The number of nitriles is 1. The Hall–Kier alpha value is 0.0169. The first kappa shape index (κ1) is 17.0. The Kier molecular flexibility index (Phi) is 6.82. The molecule has 0 aromatic carbocycles. The van der Waals surface area contributed by atoms with Crippen molar-refractivity contribution in [1.82, 2.24) is 0 Å². The highest BCUT2D eigenvalue weighted by molar-refractivity contribution is 7.99. The third-order valence-electron chi connectivity index (χ3n) is 3.52. The van der Waals surface area contributed by atoms with Crippen LogP contribution >= 0.6 is 11.8 Å². The fourth-order valence-corrected chi connectivity index (χ4v) is 3.53. The van der Waals surface area contributed by atoms with E-state index in [1.807, 2.05) is 18.7 Å². The summed E-state index contributed by atoms with van der Waals surface area (Å²) in [5.74, 6) is 1.95. The molecule has 2 nitrogen and oxygen atoms in total. The van der Waals surface area contributed by atoms with Gasteiger partial charge in [-0.05, 0) is 30.8 Å². The quantitative estimate of drug-likeness (QED) is 0.677. The number of nitrogens with zero attached hydrogens (tertiary/aromatic N) is 1. The summed E-state index contributed by atoms with van der Waals surface area (Å²) in [7, 11) is -1.75. The first-order valence-corrected chi connectivity index (χ1v) is 10.4. The van der Waals surface area contributed by atoms with Gasteiger partial charge in [-0.25, -0.2) is 0 Å². The number of rotatable bonds is 6. The Balaban J connectivity index is 4.51. The molecule has 0 heterocycles. The van der Waals surface area contributed by atoms with Crippen molar-refractivity contribution in [2.45, 2.75) is 58.9 Å². The van der Waals surface area contributed by atoms with Gasteiger partial charge in [-0.2, -0.15) is 17.0 Å². The molecule has 0 bridgehead atoms. The lowest BCUT2D eigenvalue weighted by Gasteiger charge is -2.39. The van der Waals surface area contributed by atoms with Crippen molar-refractivity contribution in [3.05, 3.63) is 0 Å². The van der Waals surface area contributed by atoms with Gasteiger partial charge >= 0.3 is 0 Å². The van der Waals surface area contributed by atoms with E-state index in [1.165, 1.54) is 0 Å². The van der Waals surface area contributed by atoms with Gasteiger partial charge in [0, 0.05) is 5.75 Å². The molecule has 0 aromatic rings. The molecule has 0 amide bonds. The van der Waals surface area contributed by atoms with Crippen LogP contribution in [0.15, 0.2) is 0 Å². The van der Waals surface area contributed by atoms with Crippen LogP contribution in [0.25, 0.3) is 0 Å². The molecule has 100 valence electrons. The van der Waals surface area contributed by atoms with Crippen molar-refractivity contribution in [3.63, 3.8) is 0 Å². The maximum atomic E-state index is 9.19.